The highest BCUT2D eigenvalue weighted by atomic mass is 16.2. The van der Waals surface area contributed by atoms with Crippen LogP contribution in [0.1, 0.15) is 21.6 Å². The van der Waals surface area contributed by atoms with Gasteiger partial charge in [-0.1, -0.05) is 29.8 Å². The van der Waals surface area contributed by atoms with Gasteiger partial charge in [0.25, 0.3) is 5.91 Å². The molecule has 0 bridgehead atoms. The fourth-order valence-corrected chi connectivity index (χ4v) is 2.58. The summed E-state index contributed by atoms with van der Waals surface area (Å²) in [4.78, 5) is 14.4. The molecule has 122 valence electrons. The van der Waals surface area contributed by atoms with Crippen molar-refractivity contribution in [3.05, 3.63) is 71.4 Å². The van der Waals surface area contributed by atoms with E-state index < -0.39 is 0 Å². The second-order valence-electron chi connectivity index (χ2n) is 5.84. The van der Waals surface area contributed by atoms with Crippen molar-refractivity contribution in [1.29, 1.82) is 0 Å². The lowest BCUT2D eigenvalue weighted by Crippen LogP contribution is -2.29. The molecule has 5 heteroatoms. The van der Waals surface area contributed by atoms with Crippen molar-refractivity contribution < 1.29 is 4.79 Å². The van der Waals surface area contributed by atoms with E-state index in [1.165, 1.54) is 5.56 Å². The molecule has 0 saturated carbocycles. The van der Waals surface area contributed by atoms with E-state index in [1.807, 2.05) is 50.2 Å². The summed E-state index contributed by atoms with van der Waals surface area (Å²) in [5, 5.41) is 4.52. The summed E-state index contributed by atoms with van der Waals surface area (Å²) in [5.41, 5.74) is 9.80. The molecule has 2 aromatic carbocycles. The van der Waals surface area contributed by atoms with Crippen LogP contribution in [0.2, 0.25) is 0 Å². The monoisotopic (exact) mass is 320 g/mol. The van der Waals surface area contributed by atoms with Gasteiger partial charge in [0, 0.05) is 18.8 Å². The van der Waals surface area contributed by atoms with Crippen LogP contribution in [0.5, 0.6) is 0 Å². The maximum absolute atomic E-state index is 12.8. The van der Waals surface area contributed by atoms with Crippen LogP contribution >= 0.6 is 0 Å². The highest BCUT2D eigenvalue weighted by molar-refractivity contribution is 6.08. The van der Waals surface area contributed by atoms with E-state index >= 15 is 0 Å². The van der Waals surface area contributed by atoms with E-state index in [9.17, 15) is 4.79 Å². The van der Waals surface area contributed by atoms with E-state index in [-0.39, 0.29) is 5.91 Å². The van der Waals surface area contributed by atoms with E-state index in [0.29, 0.717) is 17.1 Å². The van der Waals surface area contributed by atoms with Crippen molar-refractivity contribution in [2.75, 3.05) is 17.7 Å². The number of benzene rings is 2. The smallest absolute Gasteiger partial charge is 0.261 e. The molecule has 3 rings (SSSR count). The van der Waals surface area contributed by atoms with Crippen molar-refractivity contribution in [3.63, 3.8) is 0 Å². The second kappa shape index (κ2) is 6.20. The summed E-state index contributed by atoms with van der Waals surface area (Å²) in [6.07, 6.45) is 0. The van der Waals surface area contributed by atoms with Crippen LogP contribution in [0.25, 0.3) is 5.69 Å². The Kier molecular flexibility index (Phi) is 4.08. The van der Waals surface area contributed by atoms with Crippen LogP contribution in [0, 0.1) is 13.8 Å². The molecule has 0 fully saturated rings. The topological polar surface area (TPSA) is 64.2 Å². The normalized spacial score (nSPS) is 10.6. The first-order valence-electron chi connectivity index (χ1n) is 7.73. The van der Waals surface area contributed by atoms with Crippen LogP contribution in [0.3, 0.4) is 0 Å². The number of hydrogen-bond acceptors (Lipinski definition) is 3. The Morgan fingerprint density at radius 2 is 1.75 bits per heavy atom. The molecule has 0 spiro atoms. The Hall–Kier alpha value is -3.08. The van der Waals surface area contributed by atoms with Gasteiger partial charge in [0.2, 0.25) is 0 Å². The maximum atomic E-state index is 12.8. The van der Waals surface area contributed by atoms with Crippen LogP contribution in [-0.4, -0.2) is 22.7 Å². The van der Waals surface area contributed by atoms with Gasteiger partial charge in [-0.3, -0.25) is 9.69 Å². The number of amides is 1. The highest BCUT2D eigenvalue weighted by Crippen LogP contribution is 2.23. The fourth-order valence-electron chi connectivity index (χ4n) is 2.58. The van der Waals surface area contributed by atoms with Gasteiger partial charge in [-0.05, 0) is 38.1 Å². The second-order valence-corrected chi connectivity index (χ2v) is 5.84. The number of hydrogen-bond donors (Lipinski definition) is 1. The van der Waals surface area contributed by atoms with Crippen molar-refractivity contribution in [2.24, 2.45) is 0 Å². The predicted molar refractivity (Wildman–Crippen MR) is 96.6 cm³/mol. The Labute approximate surface area is 141 Å². The third-order valence-electron chi connectivity index (χ3n) is 3.93. The molecule has 1 heterocycles. The van der Waals surface area contributed by atoms with Gasteiger partial charge in [0.1, 0.15) is 5.82 Å². The fraction of sp³-hybridized carbons (Fsp3) is 0.158. The summed E-state index contributed by atoms with van der Waals surface area (Å²) in [5.74, 6) is 0.533. The van der Waals surface area contributed by atoms with Crippen LogP contribution in [-0.2, 0) is 0 Å². The minimum atomic E-state index is -0.165. The van der Waals surface area contributed by atoms with Crippen molar-refractivity contribution >= 4 is 17.4 Å². The number of nitrogens with zero attached hydrogens (tertiary/aromatic N) is 3. The average Bonchev–Trinajstić information content (AvgIpc) is 2.96. The molecule has 0 unspecified atom stereocenters. The Morgan fingerprint density at radius 1 is 1.08 bits per heavy atom. The number of para-hydroxylation sites is 1. The molecule has 0 aliphatic carbocycles. The molecule has 1 aromatic heterocycles. The van der Waals surface area contributed by atoms with Crippen molar-refractivity contribution in [3.8, 4) is 5.69 Å². The summed E-state index contributed by atoms with van der Waals surface area (Å²) in [6.45, 7) is 3.94. The third kappa shape index (κ3) is 2.88. The molecular formula is C19H20N4O. The van der Waals surface area contributed by atoms with Crippen molar-refractivity contribution in [2.45, 2.75) is 13.8 Å². The zero-order chi connectivity index (χ0) is 17.3. The molecule has 24 heavy (non-hydrogen) atoms. The van der Waals surface area contributed by atoms with Gasteiger partial charge < -0.3 is 5.73 Å². The van der Waals surface area contributed by atoms with Gasteiger partial charge in [0.15, 0.2) is 0 Å². The van der Waals surface area contributed by atoms with Gasteiger partial charge in [-0.25, -0.2) is 4.68 Å². The maximum Gasteiger partial charge on any atom is 0.261 e. The number of carbonyl (C=O) groups excluding carboxylic acids is 1. The van der Waals surface area contributed by atoms with E-state index in [4.69, 9.17) is 5.73 Å². The quantitative estimate of drug-likeness (QED) is 0.753. The lowest BCUT2D eigenvalue weighted by Gasteiger charge is -2.19. The van der Waals surface area contributed by atoms with E-state index in [1.54, 1.807) is 34.8 Å². The molecule has 2 N–H and O–H groups in total. The first kappa shape index (κ1) is 15.8. The zero-order valence-electron chi connectivity index (χ0n) is 14.0. The number of aromatic nitrogens is 2. The first-order valence-corrected chi connectivity index (χ1v) is 7.73. The largest absolute Gasteiger partial charge is 0.398 e. The van der Waals surface area contributed by atoms with Crippen LogP contribution in [0.4, 0.5) is 11.5 Å². The molecule has 0 saturated heterocycles. The van der Waals surface area contributed by atoms with Gasteiger partial charge >= 0.3 is 0 Å². The molecule has 0 radical (unpaired) electrons. The number of anilines is 2. The molecule has 5 nitrogen and oxygen atoms in total. The lowest BCUT2D eigenvalue weighted by atomic mass is 10.1. The minimum Gasteiger partial charge on any atom is -0.398 e. The third-order valence-corrected chi connectivity index (χ3v) is 3.93. The Bertz CT molecular complexity index is 881. The number of rotatable bonds is 3. The standard InChI is InChI=1S/C19H20N4O/c1-13-8-10-15(11-9-13)23-18(12-14(2)21-23)22(3)19(24)16-6-4-5-7-17(16)20/h4-12H,20H2,1-3H3. The SMILES string of the molecule is Cc1ccc(-n2nc(C)cc2N(C)C(=O)c2ccccc2N)cc1. The molecule has 3 aromatic rings. The van der Waals surface area contributed by atoms with Gasteiger partial charge in [-0.15, -0.1) is 0 Å². The Morgan fingerprint density at radius 3 is 2.42 bits per heavy atom. The summed E-state index contributed by atoms with van der Waals surface area (Å²) >= 11 is 0. The van der Waals surface area contributed by atoms with E-state index in [0.717, 1.165) is 11.4 Å². The van der Waals surface area contributed by atoms with Gasteiger partial charge in [-0.2, -0.15) is 5.10 Å². The first-order chi connectivity index (χ1) is 11.5. The molecule has 0 aliphatic heterocycles. The van der Waals surface area contributed by atoms with Gasteiger partial charge in [0.05, 0.1) is 16.9 Å². The molecule has 0 atom stereocenters. The zero-order valence-corrected chi connectivity index (χ0v) is 14.0. The predicted octanol–water partition coefficient (Wildman–Crippen LogP) is 3.35. The van der Waals surface area contributed by atoms with Crippen molar-refractivity contribution in [1.82, 2.24) is 9.78 Å². The van der Waals surface area contributed by atoms with Crippen LogP contribution in [0.15, 0.2) is 54.6 Å². The summed E-state index contributed by atoms with van der Waals surface area (Å²) in [6, 6.07) is 17.0. The number of nitrogens with two attached hydrogens (primary N) is 1. The number of aryl methyl sites for hydroxylation is 2. The summed E-state index contributed by atoms with van der Waals surface area (Å²) in [7, 11) is 1.73. The number of carbonyl (C=O) groups is 1. The molecular weight excluding hydrogens is 300 g/mol. The average molecular weight is 320 g/mol. The molecule has 1 amide bonds. The lowest BCUT2D eigenvalue weighted by molar-refractivity contribution is 0.0992. The van der Waals surface area contributed by atoms with Crippen LogP contribution < -0.4 is 10.6 Å². The number of nitrogen functional groups attached to an aromatic ring is 1. The highest BCUT2D eigenvalue weighted by Gasteiger charge is 2.20. The minimum absolute atomic E-state index is 0.165. The molecule has 0 aliphatic rings. The Balaban J connectivity index is 2.02. The summed E-state index contributed by atoms with van der Waals surface area (Å²) < 4.78 is 1.77. The van der Waals surface area contributed by atoms with E-state index in [2.05, 4.69) is 5.10 Å².